The molecule has 0 saturated carbocycles. The summed E-state index contributed by atoms with van der Waals surface area (Å²) in [6.07, 6.45) is 2.58. The van der Waals surface area contributed by atoms with E-state index in [0.717, 1.165) is 22.2 Å². The first-order chi connectivity index (χ1) is 11.6. The van der Waals surface area contributed by atoms with Crippen molar-refractivity contribution in [2.45, 2.75) is 17.6 Å². The molecule has 3 rings (SSSR count). The number of aromatic nitrogens is 1. The predicted molar refractivity (Wildman–Crippen MR) is 96.1 cm³/mol. The summed E-state index contributed by atoms with van der Waals surface area (Å²) in [5.41, 5.74) is 0.898. The van der Waals surface area contributed by atoms with Gasteiger partial charge in [0.05, 0.1) is 5.52 Å². The first kappa shape index (κ1) is 16.9. The number of sulfonamides is 1. The normalized spacial score (nSPS) is 11.7. The lowest BCUT2D eigenvalue weighted by Crippen LogP contribution is -2.27. The molecule has 0 saturated heterocycles. The van der Waals surface area contributed by atoms with E-state index in [1.807, 2.05) is 43.3 Å². The summed E-state index contributed by atoms with van der Waals surface area (Å²) in [4.78, 5) is 5.30. The summed E-state index contributed by atoms with van der Waals surface area (Å²) >= 11 is 1.30. The van der Waals surface area contributed by atoms with E-state index in [1.165, 1.54) is 11.3 Å². The van der Waals surface area contributed by atoms with Crippen molar-refractivity contribution in [3.63, 3.8) is 0 Å². The SMILES string of the molecule is CCc1ccc(S(=O)(=O)NCCOc2ccc3ncccc3c2)s1. The van der Waals surface area contributed by atoms with Gasteiger partial charge in [0, 0.05) is 23.0 Å². The van der Waals surface area contributed by atoms with Crippen molar-refractivity contribution in [3.8, 4) is 5.75 Å². The number of thiophene rings is 1. The van der Waals surface area contributed by atoms with Crippen LogP contribution in [0.3, 0.4) is 0 Å². The first-order valence-corrected chi connectivity index (χ1v) is 9.94. The topological polar surface area (TPSA) is 68.3 Å². The van der Waals surface area contributed by atoms with Gasteiger partial charge in [-0.3, -0.25) is 4.98 Å². The summed E-state index contributed by atoms with van der Waals surface area (Å²) in [6.45, 7) is 2.48. The summed E-state index contributed by atoms with van der Waals surface area (Å²) < 4.78 is 32.9. The molecule has 126 valence electrons. The number of hydrogen-bond acceptors (Lipinski definition) is 5. The molecule has 0 aliphatic heterocycles. The van der Waals surface area contributed by atoms with Gasteiger partial charge < -0.3 is 4.74 Å². The lowest BCUT2D eigenvalue weighted by atomic mass is 10.2. The summed E-state index contributed by atoms with van der Waals surface area (Å²) in [7, 11) is -3.46. The molecule has 0 aliphatic carbocycles. The van der Waals surface area contributed by atoms with Gasteiger partial charge in [0.25, 0.3) is 0 Å². The highest BCUT2D eigenvalue weighted by Gasteiger charge is 2.15. The molecule has 0 unspecified atom stereocenters. The second kappa shape index (κ2) is 7.29. The van der Waals surface area contributed by atoms with E-state index in [9.17, 15) is 8.42 Å². The van der Waals surface area contributed by atoms with Gasteiger partial charge >= 0.3 is 0 Å². The van der Waals surface area contributed by atoms with Gasteiger partial charge in [-0.15, -0.1) is 11.3 Å². The maximum atomic E-state index is 12.2. The van der Waals surface area contributed by atoms with E-state index in [1.54, 1.807) is 12.3 Å². The summed E-state index contributed by atoms with van der Waals surface area (Å²) in [5.74, 6) is 0.694. The number of ether oxygens (including phenoxy) is 1. The quantitative estimate of drug-likeness (QED) is 0.655. The molecule has 0 bridgehead atoms. The highest BCUT2D eigenvalue weighted by molar-refractivity contribution is 7.91. The Morgan fingerprint density at radius 3 is 2.88 bits per heavy atom. The summed E-state index contributed by atoms with van der Waals surface area (Å²) in [6, 6.07) is 12.9. The molecule has 2 aromatic heterocycles. The van der Waals surface area contributed by atoms with Crippen LogP contribution in [-0.2, 0) is 16.4 Å². The lowest BCUT2D eigenvalue weighted by molar-refractivity contribution is 0.323. The van der Waals surface area contributed by atoms with Gasteiger partial charge in [-0.1, -0.05) is 13.0 Å². The van der Waals surface area contributed by atoms with E-state index in [4.69, 9.17) is 4.74 Å². The largest absolute Gasteiger partial charge is 0.492 e. The van der Waals surface area contributed by atoms with Crippen LogP contribution in [0.1, 0.15) is 11.8 Å². The zero-order chi connectivity index (χ0) is 17.0. The molecule has 0 spiro atoms. The van der Waals surface area contributed by atoms with Crippen LogP contribution in [0.2, 0.25) is 0 Å². The van der Waals surface area contributed by atoms with Crippen LogP contribution in [0.4, 0.5) is 0 Å². The molecule has 0 fully saturated rings. The standard InChI is InChI=1S/C17H18N2O3S2/c1-2-15-6-8-17(23-15)24(20,21)19-10-11-22-14-5-7-16-13(12-14)4-3-9-18-16/h3-9,12,19H,2,10-11H2,1H3. The van der Waals surface area contributed by atoms with Gasteiger partial charge in [0.2, 0.25) is 10.0 Å². The molecule has 24 heavy (non-hydrogen) atoms. The molecule has 3 aromatic rings. The van der Waals surface area contributed by atoms with Crippen LogP contribution in [0.5, 0.6) is 5.75 Å². The second-order valence-corrected chi connectivity index (χ2v) is 8.34. The molecule has 5 nitrogen and oxygen atoms in total. The number of nitrogens with zero attached hydrogens (tertiary/aromatic N) is 1. The van der Waals surface area contributed by atoms with Crippen molar-refractivity contribution in [1.82, 2.24) is 9.71 Å². The number of fused-ring (bicyclic) bond motifs is 1. The maximum absolute atomic E-state index is 12.2. The van der Waals surface area contributed by atoms with Crippen LogP contribution < -0.4 is 9.46 Å². The van der Waals surface area contributed by atoms with Gasteiger partial charge in [0.15, 0.2) is 0 Å². The van der Waals surface area contributed by atoms with E-state index < -0.39 is 10.0 Å². The molecule has 7 heteroatoms. The smallest absolute Gasteiger partial charge is 0.250 e. The predicted octanol–water partition coefficient (Wildman–Crippen LogP) is 3.22. The first-order valence-electron chi connectivity index (χ1n) is 7.64. The van der Waals surface area contributed by atoms with Crippen LogP contribution in [-0.4, -0.2) is 26.6 Å². The van der Waals surface area contributed by atoms with Crippen molar-refractivity contribution in [2.24, 2.45) is 0 Å². The fraction of sp³-hybridized carbons (Fsp3) is 0.235. The maximum Gasteiger partial charge on any atom is 0.250 e. The highest BCUT2D eigenvalue weighted by atomic mass is 32.2. The molecule has 0 aliphatic rings. The zero-order valence-electron chi connectivity index (χ0n) is 13.2. The molecular weight excluding hydrogens is 344 g/mol. The molecule has 0 atom stereocenters. The Kier molecular flexibility index (Phi) is 5.13. The monoisotopic (exact) mass is 362 g/mol. The minimum absolute atomic E-state index is 0.215. The van der Waals surface area contributed by atoms with Crippen LogP contribution in [0, 0.1) is 0 Å². The Balaban J connectivity index is 1.55. The third kappa shape index (κ3) is 3.92. The van der Waals surface area contributed by atoms with Crippen molar-refractivity contribution < 1.29 is 13.2 Å². The lowest BCUT2D eigenvalue weighted by Gasteiger charge is -2.08. The zero-order valence-corrected chi connectivity index (χ0v) is 14.9. The van der Waals surface area contributed by atoms with E-state index in [0.29, 0.717) is 9.96 Å². The van der Waals surface area contributed by atoms with Crippen molar-refractivity contribution in [2.75, 3.05) is 13.2 Å². The Labute approximate surface area is 145 Å². The number of benzene rings is 1. The average molecular weight is 362 g/mol. The number of pyridine rings is 1. The molecule has 1 N–H and O–H groups in total. The summed E-state index contributed by atoms with van der Waals surface area (Å²) in [5, 5.41) is 0.987. The second-order valence-electron chi connectivity index (χ2n) is 5.18. The van der Waals surface area contributed by atoms with Crippen LogP contribution in [0.15, 0.2) is 52.9 Å². The van der Waals surface area contributed by atoms with E-state index in [2.05, 4.69) is 9.71 Å². The van der Waals surface area contributed by atoms with Crippen molar-refractivity contribution >= 4 is 32.3 Å². The van der Waals surface area contributed by atoms with Crippen LogP contribution in [0.25, 0.3) is 10.9 Å². The van der Waals surface area contributed by atoms with Crippen molar-refractivity contribution in [1.29, 1.82) is 0 Å². The van der Waals surface area contributed by atoms with Crippen molar-refractivity contribution in [3.05, 3.63) is 53.5 Å². The minimum Gasteiger partial charge on any atom is -0.492 e. The minimum atomic E-state index is -3.46. The third-order valence-electron chi connectivity index (χ3n) is 3.49. The Hall–Kier alpha value is -1.96. The number of aryl methyl sites for hydroxylation is 1. The Morgan fingerprint density at radius 2 is 2.08 bits per heavy atom. The molecule has 0 amide bonds. The number of rotatable bonds is 7. The van der Waals surface area contributed by atoms with E-state index >= 15 is 0 Å². The molecule has 2 heterocycles. The van der Waals surface area contributed by atoms with Gasteiger partial charge in [0.1, 0.15) is 16.6 Å². The molecular formula is C17H18N2O3S2. The molecule has 1 aromatic carbocycles. The van der Waals surface area contributed by atoms with Gasteiger partial charge in [-0.05, 0) is 42.8 Å². The van der Waals surface area contributed by atoms with Crippen LogP contribution >= 0.6 is 11.3 Å². The van der Waals surface area contributed by atoms with Gasteiger partial charge in [-0.2, -0.15) is 0 Å². The third-order valence-corrected chi connectivity index (χ3v) is 6.67. The average Bonchev–Trinajstić information content (AvgIpc) is 3.09. The highest BCUT2D eigenvalue weighted by Crippen LogP contribution is 2.22. The Bertz CT molecular complexity index is 936. The fourth-order valence-electron chi connectivity index (χ4n) is 2.25. The number of nitrogens with one attached hydrogen (secondary N) is 1. The van der Waals surface area contributed by atoms with Gasteiger partial charge in [-0.25, -0.2) is 13.1 Å². The van der Waals surface area contributed by atoms with E-state index in [-0.39, 0.29) is 13.2 Å². The Morgan fingerprint density at radius 1 is 1.21 bits per heavy atom. The molecule has 0 radical (unpaired) electrons. The number of hydrogen-bond donors (Lipinski definition) is 1. The fourth-order valence-corrected chi connectivity index (χ4v) is 4.61.